The van der Waals surface area contributed by atoms with Gasteiger partial charge in [-0.05, 0) is 42.7 Å². The Kier molecular flexibility index (Phi) is 5.76. The Labute approximate surface area is 163 Å². The van der Waals surface area contributed by atoms with Crippen LogP contribution in [0.5, 0.6) is 0 Å². The summed E-state index contributed by atoms with van der Waals surface area (Å²) in [5.41, 5.74) is 5.62. The lowest BCUT2D eigenvalue weighted by atomic mass is 10.0. The van der Waals surface area contributed by atoms with Gasteiger partial charge in [0.1, 0.15) is 0 Å². The first-order chi connectivity index (χ1) is 13.4. The van der Waals surface area contributed by atoms with Gasteiger partial charge in [0.05, 0.1) is 23.5 Å². The number of nitrogens with zero attached hydrogens (tertiary/aromatic N) is 2. The maximum atomic E-state index is 12.1. The molecule has 0 saturated heterocycles. The van der Waals surface area contributed by atoms with Crippen LogP contribution in [0.2, 0.25) is 0 Å². The van der Waals surface area contributed by atoms with Gasteiger partial charge in [0.2, 0.25) is 10.0 Å². The topological polar surface area (TPSA) is 119 Å². The first kappa shape index (κ1) is 19.6. The molecule has 0 aliphatic rings. The number of carbonyl (C=O) groups excluding carboxylic acids is 1. The summed E-state index contributed by atoms with van der Waals surface area (Å²) < 4.78 is 28.6. The molecule has 0 spiro atoms. The molecule has 0 atom stereocenters. The number of benzene rings is 2. The number of imidazole rings is 1. The van der Waals surface area contributed by atoms with Crippen molar-refractivity contribution >= 4 is 21.6 Å². The third kappa shape index (κ3) is 4.38. The molecule has 0 saturated carbocycles. The average Bonchev–Trinajstić information content (AvgIpc) is 3.22. The van der Waals surface area contributed by atoms with Crippen molar-refractivity contribution in [2.45, 2.75) is 13.3 Å². The van der Waals surface area contributed by atoms with E-state index in [0.29, 0.717) is 23.4 Å². The molecule has 0 radical (unpaired) electrons. The van der Waals surface area contributed by atoms with Crippen LogP contribution < -0.4 is 16.0 Å². The second-order valence-electron chi connectivity index (χ2n) is 6.14. The summed E-state index contributed by atoms with van der Waals surface area (Å²) in [6, 6.07) is 12.5. The molecule has 1 amide bonds. The fraction of sp³-hybridized carbons (Fsp3) is 0.158. The van der Waals surface area contributed by atoms with Crippen molar-refractivity contribution in [2.24, 2.45) is 5.84 Å². The molecule has 0 aliphatic heterocycles. The maximum absolute atomic E-state index is 12.1. The second kappa shape index (κ2) is 8.24. The van der Waals surface area contributed by atoms with Crippen LogP contribution in [-0.2, 0) is 16.4 Å². The van der Waals surface area contributed by atoms with Gasteiger partial charge < -0.3 is 4.57 Å². The number of anilines is 1. The van der Waals surface area contributed by atoms with Crippen molar-refractivity contribution in [3.8, 4) is 5.69 Å². The zero-order chi connectivity index (χ0) is 20.1. The summed E-state index contributed by atoms with van der Waals surface area (Å²) in [5, 5.41) is 0. The van der Waals surface area contributed by atoms with Gasteiger partial charge in [0, 0.05) is 18.0 Å². The Morgan fingerprint density at radius 3 is 2.54 bits per heavy atom. The number of nitrogen functional groups attached to an aromatic ring is 1. The van der Waals surface area contributed by atoms with Gasteiger partial charge >= 0.3 is 0 Å². The van der Waals surface area contributed by atoms with Gasteiger partial charge in [-0.25, -0.2) is 19.2 Å². The average molecular weight is 399 g/mol. The molecule has 28 heavy (non-hydrogen) atoms. The van der Waals surface area contributed by atoms with E-state index in [-0.39, 0.29) is 11.7 Å². The highest BCUT2D eigenvalue weighted by atomic mass is 32.2. The minimum Gasteiger partial charge on any atom is -0.304 e. The van der Waals surface area contributed by atoms with Crippen LogP contribution in [0.3, 0.4) is 0 Å². The smallest absolute Gasteiger partial charge is 0.265 e. The van der Waals surface area contributed by atoms with Gasteiger partial charge in [-0.15, -0.1) is 0 Å². The molecule has 146 valence electrons. The van der Waals surface area contributed by atoms with Gasteiger partial charge in [0.15, 0.2) is 0 Å². The summed E-state index contributed by atoms with van der Waals surface area (Å²) >= 11 is 0. The molecule has 9 heteroatoms. The van der Waals surface area contributed by atoms with Crippen LogP contribution in [0.25, 0.3) is 5.69 Å². The molecular formula is C19H21N5O3S. The van der Waals surface area contributed by atoms with Crippen molar-refractivity contribution in [2.75, 3.05) is 10.5 Å². The zero-order valence-electron chi connectivity index (χ0n) is 15.3. The van der Waals surface area contributed by atoms with Crippen molar-refractivity contribution in [1.29, 1.82) is 0 Å². The lowest BCUT2D eigenvalue weighted by Gasteiger charge is -2.17. The number of nitrogens with one attached hydrogen (secondary N) is 2. The van der Waals surface area contributed by atoms with E-state index < -0.39 is 10.0 Å². The molecule has 8 nitrogen and oxygen atoms in total. The van der Waals surface area contributed by atoms with Crippen LogP contribution in [0.1, 0.15) is 28.4 Å². The summed E-state index contributed by atoms with van der Waals surface area (Å²) in [7, 11) is -3.43. The molecule has 2 aromatic carbocycles. The number of sulfonamides is 1. The van der Waals surface area contributed by atoms with Crippen molar-refractivity contribution in [3.63, 3.8) is 0 Å². The summed E-state index contributed by atoms with van der Waals surface area (Å²) in [6.07, 6.45) is 5.56. The SMILES string of the molecule is CCS(=O)(=O)Nc1cccc(Cc2ccc(C(=O)NN)cc2)c1-n1ccnc1. The third-order valence-corrected chi connectivity index (χ3v) is 5.56. The number of para-hydroxylation sites is 1. The minimum atomic E-state index is -3.43. The van der Waals surface area contributed by atoms with Gasteiger partial charge in [-0.2, -0.15) is 0 Å². The molecule has 0 unspecified atom stereocenters. The fourth-order valence-corrected chi connectivity index (χ4v) is 3.47. The molecule has 4 N–H and O–H groups in total. The summed E-state index contributed by atoms with van der Waals surface area (Å²) in [4.78, 5) is 15.7. The van der Waals surface area contributed by atoms with Crippen LogP contribution in [-0.4, -0.2) is 29.6 Å². The summed E-state index contributed by atoms with van der Waals surface area (Å²) in [6.45, 7) is 1.59. The molecule has 1 heterocycles. The first-order valence-electron chi connectivity index (χ1n) is 8.64. The van der Waals surface area contributed by atoms with Crippen LogP contribution >= 0.6 is 0 Å². The molecule has 0 bridgehead atoms. The highest BCUT2D eigenvalue weighted by Gasteiger charge is 2.15. The second-order valence-corrected chi connectivity index (χ2v) is 8.15. The number of rotatable bonds is 7. The van der Waals surface area contributed by atoms with Gasteiger partial charge in [0.25, 0.3) is 5.91 Å². The molecule has 3 aromatic rings. The van der Waals surface area contributed by atoms with E-state index in [9.17, 15) is 13.2 Å². The number of aromatic nitrogens is 2. The molecular weight excluding hydrogens is 378 g/mol. The van der Waals surface area contributed by atoms with Gasteiger partial charge in [-0.3, -0.25) is 14.9 Å². The summed E-state index contributed by atoms with van der Waals surface area (Å²) in [5.74, 6) is 4.77. The number of hydrogen-bond donors (Lipinski definition) is 3. The van der Waals surface area contributed by atoms with Crippen LogP contribution in [0.15, 0.2) is 61.2 Å². The van der Waals surface area contributed by atoms with E-state index in [0.717, 1.165) is 11.1 Å². The quantitative estimate of drug-likeness (QED) is 0.318. The number of nitrogens with two attached hydrogens (primary N) is 1. The highest BCUT2D eigenvalue weighted by Crippen LogP contribution is 2.27. The highest BCUT2D eigenvalue weighted by molar-refractivity contribution is 7.92. The molecule has 0 aliphatic carbocycles. The Hall–Kier alpha value is -3.17. The largest absolute Gasteiger partial charge is 0.304 e. The lowest BCUT2D eigenvalue weighted by Crippen LogP contribution is -2.29. The normalized spacial score (nSPS) is 11.2. The number of hydrazine groups is 1. The first-order valence-corrected chi connectivity index (χ1v) is 10.3. The maximum Gasteiger partial charge on any atom is 0.265 e. The number of amides is 1. The van der Waals surface area contributed by atoms with Crippen LogP contribution in [0, 0.1) is 0 Å². The van der Waals surface area contributed by atoms with Crippen LogP contribution in [0.4, 0.5) is 5.69 Å². The van der Waals surface area contributed by atoms with Crippen molar-refractivity contribution < 1.29 is 13.2 Å². The fourth-order valence-electron chi connectivity index (χ4n) is 2.83. The van der Waals surface area contributed by atoms with E-state index in [4.69, 9.17) is 5.84 Å². The van der Waals surface area contributed by atoms with Crippen molar-refractivity contribution in [1.82, 2.24) is 15.0 Å². The van der Waals surface area contributed by atoms with E-state index in [1.807, 2.05) is 18.2 Å². The van der Waals surface area contributed by atoms with E-state index >= 15 is 0 Å². The molecule has 3 rings (SSSR count). The van der Waals surface area contributed by atoms with E-state index in [2.05, 4.69) is 15.1 Å². The molecule has 1 aromatic heterocycles. The predicted octanol–water partition coefficient (Wildman–Crippen LogP) is 1.83. The van der Waals surface area contributed by atoms with Gasteiger partial charge in [-0.1, -0.05) is 24.3 Å². The van der Waals surface area contributed by atoms with E-state index in [1.165, 1.54) is 0 Å². The third-order valence-electron chi connectivity index (χ3n) is 4.27. The van der Waals surface area contributed by atoms with Crippen molar-refractivity contribution in [3.05, 3.63) is 77.9 Å². The Balaban J connectivity index is 2.00. The van der Waals surface area contributed by atoms with E-state index in [1.54, 1.807) is 54.5 Å². The Morgan fingerprint density at radius 1 is 1.18 bits per heavy atom. The monoisotopic (exact) mass is 399 g/mol. The Bertz CT molecular complexity index is 1060. The predicted molar refractivity (Wildman–Crippen MR) is 108 cm³/mol. The Morgan fingerprint density at radius 2 is 1.93 bits per heavy atom. The molecule has 0 fully saturated rings. The number of hydrogen-bond acceptors (Lipinski definition) is 5. The minimum absolute atomic E-state index is 0.0226. The lowest BCUT2D eigenvalue weighted by molar-refractivity contribution is 0.0953. The zero-order valence-corrected chi connectivity index (χ0v) is 16.1. The number of carbonyl (C=O) groups is 1. The standard InChI is InChI=1S/C19H21N5O3S/c1-2-28(26,27)23-17-5-3-4-16(18(17)24-11-10-21-13-24)12-14-6-8-15(9-7-14)19(25)22-20/h3-11,13,23H,2,12,20H2,1H3,(H,22,25).